The van der Waals surface area contributed by atoms with Gasteiger partial charge in [0.2, 0.25) is 0 Å². The summed E-state index contributed by atoms with van der Waals surface area (Å²) in [6.07, 6.45) is 1.23. The molecule has 0 aromatic heterocycles. The summed E-state index contributed by atoms with van der Waals surface area (Å²) >= 11 is 0. The highest BCUT2D eigenvalue weighted by Crippen LogP contribution is 2.21. The molecule has 1 rings (SSSR count). The second kappa shape index (κ2) is 7.85. The van der Waals surface area contributed by atoms with E-state index in [0.29, 0.717) is 19.5 Å². The van der Waals surface area contributed by atoms with Crippen LogP contribution in [0.3, 0.4) is 0 Å². The number of carboxylic acids is 1. The molecule has 1 aliphatic rings. The quantitative estimate of drug-likeness (QED) is 0.747. The van der Waals surface area contributed by atoms with E-state index >= 15 is 0 Å². The van der Waals surface area contributed by atoms with Gasteiger partial charge in [-0.15, -0.1) is 0 Å². The molecular weight excluding hydrogens is 276 g/mol. The molecule has 0 aliphatic carbocycles. The van der Waals surface area contributed by atoms with Crippen LogP contribution in [-0.4, -0.2) is 64.7 Å². The van der Waals surface area contributed by atoms with Gasteiger partial charge in [-0.3, -0.25) is 4.79 Å². The van der Waals surface area contributed by atoms with Crippen molar-refractivity contribution in [2.75, 3.05) is 19.7 Å². The Labute approximate surface area is 124 Å². The summed E-state index contributed by atoms with van der Waals surface area (Å²) in [6.45, 7) is 6.41. The van der Waals surface area contributed by atoms with Crippen molar-refractivity contribution in [3.05, 3.63) is 0 Å². The van der Waals surface area contributed by atoms with Gasteiger partial charge < -0.3 is 19.6 Å². The van der Waals surface area contributed by atoms with Gasteiger partial charge in [0.1, 0.15) is 6.04 Å². The van der Waals surface area contributed by atoms with Crippen molar-refractivity contribution in [1.29, 1.82) is 0 Å². The summed E-state index contributed by atoms with van der Waals surface area (Å²) in [6, 6.07) is -1.26. The van der Waals surface area contributed by atoms with E-state index in [1.807, 2.05) is 0 Å². The third kappa shape index (κ3) is 4.34. The second-order valence-corrected chi connectivity index (χ2v) is 5.12. The number of amides is 2. The minimum Gasteiger partial charge on any atom is -0.481 e. The smallest absolute Gasteiger partial charge is 0.328 e. The monoisotopic (exact) mass is 300 g/mol. The molecule has 7 heteroatoms. The van der Waals surface area contributed by atoms with E-state index in [2.05, 4.69) is 0 Å². The molecule has 0 radical (unpaired) electrons. The molecular formula is C14H24N2O5. The highest BCUT2D eigenvalue weighted by atomic mass is 16.5. The van der Waals surface area contributed by atoms with E-state index in [1.165, 1.54) is 9.80 Å². The van der Waals surface area contributed by atoms with E-state index in [1.54, 1.807) is 20.8 Å². The van der Waals surface area contributed by atoms with E-state index in [-0.39, 0.29) is 25.0 Å². The summed E-state index contributed by atoms with van der Waals surface area (Å²) in [5.74, 6) is -1.33. The molecule has 0 bridgehead atoms. The third-order valence-corrected chi connectivity index (χ3v) is 3.65. The molecule has 2 amide bonds. The van der Waals surface area contributed by atoms with E-state index in [4.69, 9.17) is 9.84 Å². The normalized spacial score (nSPS) is 19.2. The van der Waals surface area contributed by atoms with Crippen LogP contribution in [-0.2, 0) is 14.3 Å². The molecule has 2 unspecified atom stereocenters. The summed E-state index contributed by atoms with van der Waals surface area (Å²) in [5, 5.41) is 8.86. The second-order valence-electron chi connectivity index (χ2n) is 5.12. The number of aliphatic carboxylic acids is 1. The molecule has 2 atom stereocenters. The molecule has 120 valence electrons. The number of esters is 1. The average molecular weight is 300 g/mol. The van der Waals surface area contributed by atoms with Gasteiger partial charge in [0.15, 0.2) is 0 Å². The molecule has 0 aromatic carbocycles. The lowest BCUT2D eigenvalue weighted by molar-refractivity contribution is -0.147. The Morgan fingerprint density at radius 1 is 1.38 bits per heavy atom. The van der Waals surface area contributed by atoms with Gasteiger partial charge in [0.25, 0.3) is 0 Å². The van der Waals surface area contributed by atoms with Crippen LogP contribution in [0.5, 0.6) is 0 Å². The maximum Gasteiger partial charge on any atom is 0.328 e. The topological polar surface area (TPSA) is 87.2 Å². The number of nitrogens with zero attached hydrogens (tertiary/aromatic N) is 2. The third-order valence-electron chi connectivity index (χ3n) is 3.65. The molecule has 21 heavy (non-hydrogen) atoms. The van der Waals surface area contributed by atoms with Gasteiger partial charge in [0, 0.05) is 19.1 Å². The van der Waals surface area contributed by atoms with Crippen LogP contribution in [0, 0.1) is 0 Å². The van der Waals surface area contributed by atoms with Gasteiger partial charge in [-0.25, -0.2) is 9.59 Å². The van der Waals surface area contributed by atoms with Crippen LogP contribution in [0.15, 0.2) is 0 Å². The largest absolute Gasteiger partial charge is 0.481 e. The Bertz CT molecular complexity index is 399. The van der Waals surface area contributed by atoms with Crippen LogP contribution in [0.25, 0.3) is 0 Å². The number of urea groups is 1. The van der Waals surface area contributed by atoms with Crippen LogP contribution in [0.4, 0.5) is 4.79 Å². The maximum atomic E-state index is 12.6. The zero-order valence-electron chi connectivity index (χ0n) is 12.9. The molecule has 1 aliphatic heterocycles. The van der Waals surface area contributed by atoms with Crippen molar-refractivity contribution in [3.8, 4) is 0 Å². The van der Waals surface area contributed by atoms with Gasteiger partial charge in [0.05, 0.1) is 13.0 Å². The zero-order valence-corrected chi connectivity index (χ0v) is 12.9. The van der Waals surface area contributed by atoms with Gasteiger partial charge in [-0.1, -0.05) is 0 Å². The fraction of sp³-hybridized carbons (Fsp3) is 0.786. The number of likely N-dealkylation sites (tertiary alicyclic amines) is 1. The first-order valence-electron chi connectivity index (χ1n) is 7.38. The highest BCUT2D eigenvalue weighted by molar-refractivity contribution is 5.84. The SMILES string of the molecule is CCOC(=O)C1CCCN1C(=O)N(CC)C(C)CC(=O)O. The minimum absolute atomic E-state index is 0.114. The van der Waals surface area contributed by atoms with Crippen molar-refractivity contribution >= 4 is 18.0 Å². The van der Waals surface area contributed by atoms with Crippen LogP contribution >= 0.6 is 0 Å². The van der Waals surface area contributed by atoms with Crippen LogP contribution in [0.2, 0.25) is 0 Å². The molecule has 1 heterocycles. The Kier molecular flexibility index (Phi) is 6.45. The highest BCUT2D eigenvalue weighted by Gasteiger charge is 2.38. The first-order chi connectivity index (χ1) is 9.92. The molecule has 0 aromatic rings. The first kappa shape index (κ1) is 17.3. The number of hydrogen-bond acceptors (Lipinski definition) is 4. The number of carbonyl (C=O) groups is 3. The van der Waals surface area contributed by atoms with Crippen LogP contribution < -0.4 is 0 Å². The number of hydrogen-bond donors (Lipinski definition) is 1. The summed E-state index contributed by atoms with van der Waals surface area (Å²) in [5.41, 5.74) is 0. The molecule has 0 spiro atoms. The van der Waals surface area contributed by atoms with Gasteiger partial charge in [-0.05, 0) is 33.6 Å². The standard InChI is InChI=1S/C14H24N2O5/c1-4-15(10(3)9-12(17)18)14(20)16-8-6-7-11(16)13(19)21-5-2/h10-11H,4-9H2,1-3H3,(H,17,18). The summed E-state index contributed by atoms with van der Waals surface area (Å²) in [4.78, 5) is 38.3. The Morgan fingerprint density at radius 3 is 2.57 bits per heavy atom. The summed E-state index contributed by atoms with van der Waals surface area (Å²) < 4.78 is 5.00. The number of ether oxygens (including phenoxy) is 1. The molecule has 7 nitrogen and oxygen atoms in total. The lowest BCUT2D eigenvalue weighted by Crippen LogP contribution is -2.51. The van der Waals surface area contributed by atoms with E-state index in [0.717, 1.165) is 6.42 Å². The first-order valence-corrected chi connectivity index (χ1v) is 7.38. The Hall–Kier alpha value is -1.79. The average Bonchev–Trinajstić information content (AvgIpc) is 2.87. The Balaban J connectivity index is 2.78. The van der Waals surface area contributed by atoms with Crippen molar-refractivity contribution in [2.24, 2.45) is 0 Å². The lowest BCUT2D eigenvalue weighted by Gasteiger charge is -2.33. The predicted molar refractivity (Wildman–Crippen MR) is 75.9 cm³/mol. The Morgan fingerprint density at radius 2 is 2.05 bits per heavy atom. The van der Waals surface area contributed by atoms with Gasteiger partial charge >= 0.3 is 18.0 Å². The molecule has 1 saturated heterocycles. The molecule has 0 saturated carbocycles. The zero-order chi connectivity index (χ0) is 16.0. The number of carbonyl (C=O) groups excluding carboxylic acids is 2. The van der Waals surface area contributed by atoms with Crippen molar-refractivity contribution < 1.29 is 24.2 Å². The van der Waals surface area contributed by atoms with Crippen LogP contribution in [0.1, 0.15) is 40.0 Å². The van der Waals surface area contributed by atoms with E-state index < -0.39 is 18.1 Å². The van der Waals surface area contributed by atoms with E-state index in [9.17, 15) is 14.4 Å². The predicted octanol–water partition coefficient (Wildman–Crippen LogP) is 1.32. The number of rotatable bonds is 6. The van der Waals surface area contributed by atoms with Crippen molar-refractivity contribution in [2.45, 2.75) is 52.1 Å². The lowest BCUT2D eigenvalue weighted by atomic mass is 10.2. The fourth-order valence-corrected chi connectivity index (χ4v) is 2.64. The molecule has 1 N–H and O–H groups in total. The van der Waals surface area contributed by atoms with Gasteiger partial charge in [-0.2, -0.15) is 0 Å². The molecule has 1 fully saturated rings. The fourth-order valence-electron chi connectivity index (χ4n) is 2.64. The summed E-state index contributed by atoms with van der Waals surface area (Å²) in [7, 11) is 0. The van der Waals surface area contributed by atoms with Crippen molar-refractivity contribution in [3.63, 3.8) is 0 Å². The number of carboxylic acid groups (broad SMARTS) is 1. The maximum absolute atomic E-state index is 12.6. The minimum atomic E-state index is -0.947. The van der Waals surface area contributed by atoms with Crippen molar-refractivity contribution in [1.82, 2.24) is 9.80 Å².